The van der Waals surface area contributed by atoms with Crippen molar-refractivity contribution in [2.45, 2.75) is 24.4 Å². The molecule has 0 radical (unpaired) electrons. The molecule has 0 atom stereocenters. The lowest BCUT2D eigenvalue weighted by Crippen LogP contribution is -2.14. The van der Waals surface area contributed by atoms with E-state index in [0.717, 1.165) is 34.4 Å². The smallest absolute Gasteiger partial charge is 0.232 e. The van der Waals surface area contributed by atoms with Gasteiger partial charge in [0.1, 0.15) is 0 Å². The van der Waals surface area contributed by atoms with E-state index in [-0.39, 0.29) is 0 Å². The molecule has 0 amide bonds. The van der Waals surface area contributed by atoms with Crippen LogP contribution in [0, 0.1) is 6.92 Å². The van der Waals surface area contributed by atoms with Crippen LogP contribution in [0.5, 0.6) is 0 Å². The zero-order valence-corrected chi connectivity index (χ0v) is 15.7. The average Bonchev–Trinajstić information content (AvgIpc) is 3.18. The Morgan fingerprint density at radius 2 is 1.75 bits per heavy atom. The molecule has 0 unspecified atom stereocenters. The Labute approximate surface area is 154 Å². The minimum absolute atomic E-state index is 0.899. The van der Waals surface area contributed by atoms with Crippen molar-refractivity contribution in [3.8, 4) is 0 Å². The van der Waals surface area contributed by atoms with Crippen molar-refractivity contribution < 1.29 is 0 Å². The lowest BCUT2D eigenvalue weighted by atomic mass is 10.2. The minimum atomic E-state index is 0.899. The highest BCUT2D eigenvalue weighted by molar-refractivity contribution is 9.10. The van der Waals surface area contributed by atoms with Crippen molar-refractivity contribution in [3.63, 3.8) is 0 Å². The van der Waals surface area contributed by atoms with Gasteiger partial charge < -0.3 is 4.90 Å². The number of hydrogen-bond acceptors (Lipinski definition) is 4. The molecule has 6 heteroatoms. The van der Waals surface area contributed by atoms with E-state index in [1.165, 1.54) is 16.8 Å². The monoisotopic (exact) mass is 400 g/mol. The number of hydrogen-bond donors (Lipinski definition) is 0. The third kappa shape index (κ3) is 3.08. The molecule has 4 rings (SSSR count). The molecule has 0 fully saturated rings. The Morgan fingerprint density at radius 3 is 2.50 bits per heavy atom. The molecule has 1 aromatic heterocycles. The molecule has 0 aliphatic carbocycles. The molecule has 4 nitrogen and oxygen atoms in total. The van der Waals surface area contributed by atoms with E-state index in [0.29, 0.717) is 0 Å². The molecular weight excluding hydrogens is 384 g/mol. The molecular formula is C18H17BrN4S. The summed E-state index contributed by atoms with van der Waals surface area (Å²) in [5.41, 5.74) is 3.73. The largest absolute Gasteiger partial charge is 0.309 e. The van der Waals surface area contributed by atoms with Crippen LogP contribution in [0.25, 0.3) is 0 Å². The first-order chi connectivity index (χ1) is 11.7. The van der Waals surface area contributed by atoms with Gasteiger partial charge in [0.2, 0.25) is 5.95 Å². The number of halogens is 1. The van der Waals surface area contributed by atoms with Gasteiger partial charge >= 0.3 is 0 Å². The standard InChI is InChI=1S/C18H17BrN4S/c1-13-2-8-16(9-3-13)22-10-11-23-17(22)20-21-18(23)24-12-14-4-6-15(19)7-5-14/h2-9H,10-12H2,1H3. The zero-order valence-electron chi connectivity index (χ0n) is 13.3. The van der Waals surface area contributed by atoms with Crippen molar-refractivity contribution in [2.24, 2.45) is 0 Å². The molecule has 1 aliphatic heterocycles. The van der Waals surface area contributed by atoms with Crippen LogP contribution < -0.4 is 4.90 Å². The van der Waals surface area contributed by atoms with E-state index in [9.17, 15) is 0 Å². The summed E-state index contributed by atoms with van der Waals surface area (Å²) in [4.78, 5) is 2.23. The zero-order chi connectivity index (χ0) is 16.5. The van der Waals surface area contributed by atoms with Gasteiger partial charge in [-0.25, -0.2) is 0 Å². The minimum Gasteiger partial charge on any atom is -0.309 e. The third-order valence-corrected chi connectivity index (χ3v) is 5.68. The van der Waals surface area contributed by atoms with E-state index in [2.05, 4.69) is 91.0 Å². The number of benzene rings is 2. The first-order valence-electron chi connectivity index (χ1n) is 7.85. The molecule has 0 N–H and O–H groups in total. The summed E-state index contributed by atoms with van der Waals surface area (Å²) in [7, 11) is 0. The Bertz CT molecular complexity index is 842. The van der Waals surface area contributed by atoms with Gasteiger partial charge in [-0.2, -0.15) is 0 Å². The molecule has 0 bridgehead atoms. The van der Waals surface area contributed by atoms with Crippen molar-refractivity contribution in [1.29, 1.82) is 0 Å². The highest BCUT2D eigenvalue weighted by Crippen LogP contribution is 2.33. The Hall–Kier alpha value is -1.79. The van der Waals surface area contributed by atoms with E-state index in [1.807, 2.05) is 0 Å². The summed E-state index contributed by atoms with van der Waals surface area (Å²) in [5, 5.41) is 9.79. The lowest BCUT2D eigenvalue weighted by Gasteiger charge is -2.15. The van der Waals surface area contributed by atoms with Crippen LogP contribution in [0.1, 0.15) is 11.1 Å². The fourth-order valence-electron chi connectivity index (χ4n) is 2.78. The summed E-state index contributed by atoms with van der Waals surface area (Å²) in [5.74, 6) is 1.84. The Kier molecular flexibility index (Phi) is 4.33. The number of rotatable bonds is 4. The fourth-order valence-corrected chi connectivity index (χ4v) is 3.96. The average molecular weight is 401 g/mol. The van der Waals surface area contributed by atoms with Gasteiger partial charge in [-0.1, -0.05) is 57.5 Å². The summed E-state index contributed by atoms with van der Waals surface area (Å²) in [6.45, 7) is 3.98. The maximum atomic E-state index is 4.41. The van der Waals surface area contributed by atoms with Crippen LogP contribution >= 0.6 is 27.7 Å². The van der Waals surface area contributed by atoms with Gasteiger partial charge in [0, 0.05) is 29.0 Å². The third-order valence-electron chi connectivity index (χ3n) is 4.11. The lowest BCUT2D eigenvalue weighted by molar-refractivity contribution is 0.704. The van der Waals surface area contributed by atoms with Crippen LogP contribution in [-0.2, 0) is 12.3 Å². The number of nitrogens with zero attached hydrogens (tertiary/aromatic N) is 4. The predicted octanol–water partition coefficient (Wildman–Crippen LogP) is 4.79. The highest BCUT2D eigenvalue weighted by Gasteiger charge is 2.25. The summed E-state index contributed by atoms with van der Waals surface area (Å²) < 4.78 is 3.32. The van der Waals surface area contributed by atoms with Crippen LogP contribution in [0.4, 0.5) is 11.6 Å². The molecule has 2 heterocycles. The number of aryl methyl sites for hydroxylation is 1. The van der Waals surface area contributed by atoms with Gasteiger partial charge in [0.25, 0.3) is 0 Å². The molecule has 3 aromatic rings. The predicted molar refractivity (Wildman–Crippen MR) is 102 cm³/mol. The Balaban J connectivity index is 1.51. The number of aromatic nitrogens is 3. The van der Waals surface area contributed by atoms with Gasteiger partial charge in [-0.05, 0) is 36.8 Å². The van der Waals surface area contributed by atoms with E-state index in [1.54, 1.807) is 11.8 Å². The van der Waals surface area contributed by atoms with Crippen LogP contribution in [-0.4, -0.2) is 21.3 Å². The van der Waals surface area contributed by atoms with Crippen molar-refractivity contribution in [2.75, 3.05) is 11.4 Å². The summed E-state index contributed by atoms with van der Waals surface area (Å²) >= 11 is 5.21. The second-order valence-electron chi connectivity index (χ2n) is 5.84. The van der Waals surface area contributed by atoms with Crippen molar-refractivity contribution >= 4 is 39.3 Å². The van der Waals surface area contributed by atoms with Gasteiger partial charge in [-0.15, -0.1) is 10.2 Å². The molecule has 1 aliphatic rings. The van der Waals surface area contributed by atoms with E-state index >= 15 is 0 Å². The summed E-state index contributed by atoms with van der Waals surface area (Å²) in [6, 6.07) is 17.0. The fraction of sp³-hybridized carbons (Fsp3) is 0.222. The van der Waals surface area contributed by atoms with Gasteiger partial charge in [0.15, 0.2) is 5.16 Å². The first kappa shape index (κ1) is 15.7. The molecule has 24 heavy (non-hydrogen) atoms. The quantitative estimate of drug-likeness (QED) is 0.589. The molecule has 0 saturated carbocycles. The second kappa shape index (κ2) is 6.61. The number of fused-ring (bicyclic) bond motifs is 1. The number of thioether (sulfide) groups is 1. The van der Waals surface area contributed by atoms with Gasteiger partial charge in [0.05, 0.1) is 0 Å². The molecule has 0 spiro atoms. The number of anilines is 2. The van der Waals surface area contributed by atoms with Crippen molar-refractivity contribution in [3.05, 3.63) is 64.1 Å². The van der Waals surface area contributed by atoms with Crippen LogP contribution in [0.2, 0.25) is 0 Å². The van der Waals surface area contributed by atoms with Crippen LogP contribution in [0.15, 0.2) is 58.2 Å². The topological polar surface area (TPSA) is 34.0 Å². The highest BCUT2D eigenvalue weighted by atomic mass is 79.9. The molecule has 122 valence electrons. The molecule has 2 aromatic carbocycles. The Morgan fingerprint density at radius 1 is 1.00 bits per heavy atom. The van der Waals surface area contributed by atoms with Gasteiger partial charge in [-0.3, -0.25) is 4.57 Å². The molecule has 0 saturated heterocycles. The van der Waals surface area contributed by atoms with Crippen LogP contribution in [0.3, 0.4) is 0 Å². The SMILES string of the molecule is Cc1ccc(N2CCn3c(SCc4ccc(Br)cc4)nnc32)cc1. The first-order valence-corrected chi connectivity index (χ1v) is 9.63. The van der Waals surface area contributed by atoms with Crippen molar-refractivity contribution in [1.82, 2.24) is 14.8 Å². The normalized spacial score (nSPS) is 13.3. The maximum Gasteiger partial charge on any atom is 0.232 e. The van der Waals surface area contributed by atoms with E-state index in [4.69, 9.17) is 0 Å². The second-order valence-corrected chi connectivity index (χ2v) is 7.69. The van der Waals surface area contributed by atoms with E-state index < -0.39 is 0 Å². The summed E-state index contributed by atoms with van der Waals surface area (Å²) in [6.07, 6.45) is 0. The maximum absolute atomic E-state index is 4.41.